The lowest BCUT2D eigenvalue weighted by Crippen LogP contribution is -2.36. The standard InChI is InChI=1S/C21H27N3O5S/c1-4-24(5-2)30(27,28)18-11-8-10-16(13-18)21(26)23-15-20(25)22-14-17-9-6-7-12-19(17)29-3/h6-13H,4-5,14-15H2,1-3H3,(H,22,25)(H,23,26). The number of ether oxygens (including phenoxy) is 1. The molecule has 0 radical (unpaired) electrons. The first kappa shape index (κ1) is 23.4. The number of para-hydroxylation sites is 1. The van der Waals surface area contributed by atoms with Crippen LogP contribution < -0.4 is 15.4 Å². The van der Waals surface area contributed by atoms with Gasteiger partial charge in [0.1, 0.15) is 5.75 Å². The smallest absolute Gasteiger partial charge is 0.251 e. The van der Waals surface area contributed by atoms with Gasteiger partial charge in [-0.25, -0.2) is 8.42 Å². The van der Waals surface area contributed by atoms with Gasteiger partial charge in [0.15, 0.2) is 0 Å². The maximum Gasteiger partial charge on any atom is 0.251 e. The molecule has 2 aromatic carbocycles. The Kier molecular flexibility index (Phi) is 8.37. The van der Waals surface area contributed by atoms with Crippen LogP contribution in [0.2, 0.25) is 0 Å². The number of amides is 2. The zero-order chi connectivity index (χ0) is 22.1. The molecule has 0 saturated heterocycles. The van der Waals surface area contributed by atoms with Crippen molar-refractivity contribution < 1.29 is 22.7 Å². The third-order valence-corrected chi connectivity index (χ3v) is 6.56. The molecule has 0 aliphatic rings. The number of rotatable bonds is 10. The van der Waals surface area contributed by atoms with E-state index >= 15 is 0 Å². The molecule has 0 atom stereocenters. The van der Waals surface area contributed by atoms with E-state index in [9.17, 15) is 18.0 Å². The van der Waals surface area contributed by atoms with Crippen LogP contribution in [0.1, 0.15) is 29.8 Å². The molecule has 0 aliphatic carbocycles. The Bertz CT molecular complexity index is 988. The third kappa shape index (κ3) is 5.80. The molecule has 0 aromatic heterocycles. The van der Waals surface area contributed by atoms with Gasteiger partial charge in [-0.05, 0) is 24.3 Å². The molecule has 8 nitrogen and oxygen atoms in total. The van der Waals surface area contributed by atoms with Gasteiger partial charge in [0, 0.05) is 30.8 Å². The molecule has 2 rings (SSSR count). The molecule has 162 valence electrons. The second-order valence-electron chi connectivity index (χ2n) is 6.39. The normalized spacial score (nSPS) is 11.2. The van der Waals surface area contributed by atoms with Crippen molar-refractivity contribution in [2.45, 2.75) is 25.3 Å². The zero-order valence-electron chi connectivity index (χ0n) is 17.3. The van der Waals surface area contributed by atoms with E-state index in [0.29, 0.717) is 18.8 Å². The molecule has 0 heterocycles. The minimum atomic E-state index is -3.67. The van der Waals surface area contributed by atoms with E-state index in [2.05, 4.69) is 10.6 Å². The average molecular weight is 434 g/mol. The van der Waals surface area contributed by atoms with Gasteiger partial charge >= 0.3 is 0 Å². The highest BCUT2D eigenvalue weighted by atomic mass is 32.2. The Morgan fingerprint density at radius 1 is 1.00 bits per heavy atom. The van der Waals surface area contributed by atoms with Crippen molar-refractivity contribution in [3.63, 3.8) is 0 Å². The van der Waals surface area contributed by atoms with Crippen LogP contribution in [0.4, 0.5) is 0 Å². The third-order valence-electron chi connectivity index (χ3n) is 4.52. The number of hydrogen-bond acceptors (Lipinski definition) is 5. The number of carbonyl (C=O) groups excluding carboxylic acids is 2. The Balaban J connectivity index is 1.97. The molecule has 0 unspecified atom stereocenters. The monoisotopic (exact) mass is 433 g/mol. The largest absolute Gasteiger partial charge is 0.496 e. The predicted molar refractivity (Wildman–Crippen MR) is 114 cm³/mol. The van der Waals surface area contributed by atoms with Crippen LogP contribution in [0, 0.1) is 0 Å². The second kappa shape index (κ2) is 10.7. The second-order valence-corrected chi connectivity index (χ2v) is 8.33. The van der Waals surface area contributed by atoms with E-state index in [4.69, 9.17) is 4.74 Å². The first-order chi connectivity index (χ1) is 14.3. The highest BCUT2D eigenvalue weighted by Gasteiger charge is 2.22. The Morgan fingerprint density at radius 3 is 2.37 bits per heavy atom. The van der Waals surface area contributed by atoms with Crippen LogP contribution in [0.15, 0.2) is 53.4 Å². The fourth-order valence-corrected chi connectivity index (χ4v) is 4.38. The minimum Gasteiger partial charge on any atom is -0.496 e. The summed E-state index contributed by atoms with van der Waals surface area (Å²) in [6.07, 6.45) is 0. The molecule has 30 heavy (non-hydrogen) atoms. The van der Waals surface area contributed by atoms with Crippen molar-refractivity contribution in [1.29, 1.82) is 0 Å². The summed E-state index contributed by atoms with van der Waals surface area (Å²) in [5, 5.41) is 5.22. The van der Waals surface area contributed by atoms with Gasteiger partial charge in [0.2, 0.25) is 15.9 Å². The summed E-state index contributed by atoms with van der Waals surface area (Å²) < 4.78 is 31.8. The number of sulfonamides is 1. The Labute approximate surface area is 177 Å². The summed E-state index contributed by atoms with van der Waals surface area (Å²) in [4.78, 5) is 24.5. The van der Waals surface area contributed by atoms with Gasteiger partial charge in [-0.2, -0.15) is 4.31 Å². The van der Waals surface area contributed by atoms with Gasteiger partial charge in [0.05, 0.1) is 18.6 Å². The van der Waals surface area contributed by atoms with Gasteiger partial charge in [0.25, 0.3) is 5.91 Å². The fraction of sp³-hybridized carbons (Fsp3) is 0.333. The average Bonchev–Trinajstić information content (AvgIpc) is 2.76. The van der Waals surface area contributed by atoms with E-state index in [0.717, 1.165) is 5.56 Å². The molecule has 0 saturated carbocycles. The first-order valence-electron chi connectivity index (χ1n) is 9.60. The molecule has 0 spiro atoms. The number of nitrogens with one attached hydrogen (secondary N) is 2. The van der Waals surface area contributed by atoms with E-state index in [1.807, 2.05) is 18.2 Å². The van der Waals surface area contributed by atoms with Gasteiger partial charge in [-0.15, -0.1) is 0 Å². The van der Waals surface area contributed by atoms with Crippen LogP contribution in [0.25, 0.3) is 0 Å². The highest BCUT2D eigenvalue weighted by Crippen LogP contribution is 2.17. The summed E-state index contributed by atoms with van der Waals surface area (Å²) in [6.45, 7) is 4.20. The molecular weight excluding hydrogens is 406 g/mol. The summed E-state index contributed by atoms with van der Waals surface area (Å²) in [5.41, 5.74) is 0.981. The SMILES string of the molecule is CCN(CC)S(=O)(=O)c1cccc(C(=O)NCC(=O)NCc2ccccc2OC)c1. The lowest BCUT2D eigenvalue weighted by atomic mass is 10.2. The van der Waals surface area contributed by atoms with E-state index in [-0.39, 0.29) is 29.5 Å². The highest BCUT2D eigenvalue weighted by molar-refractivity contribution is 7.89. The van der Waals surface area contributed by atoms with Gasteiger partial charge in [-0.1, -0.05) is 38.1 Å². The van der Waals surface area contributed by atoms with Crippen molar-refractivity contribution in [1.82, 2.24) is 14.9 Å². The van der Waals surface area contributed by atoms with Crippen molar-refractivity contribution in [2.75, 3.05) is 26.7 Å². The number of methoxy groups -OCH3 is 1. The van der Waals surface area contributed by atoms with Crippen LogP contribution in [-0.2, 0) is 21.4 Å². The molecule has 2 amide bonds. The van der Waals surface area contributed by atoms with E-state index < -0.39 is 15.9 Å². The minimum absolute atomic E-state index is 0.0412. The number of nitrogens with zero attached hydrogens (tertiary/aromatic N) is 1. The van der Waals surface area contributed by atoms with Crippen molar-refractivity contribution in [2.24, 2.45) is 0 Å². The maximum atomic E-state index is 12.6. The molecule has 0 bridgehead atoms. The zero-order valence-corrected chi connectivity index (χ0v) is 18.2. The Hall–Kier alpha value is -2.91. The van der Waals surface area contributed by atoms with Crippen LogP contribution >= 0.6 is 0 Å². The summed E-state index contributed by atoms with van der Waals surface area (Å²) in [6, 6.07) is 13.1. The van der Waals surface area contributed by atoms with Crippen molar-refractivity contribution in [3.8, 4) is 5.75 Å². The number of carbonyl (C=O) groups is 2. The van der Waals surface area contributed by atoms with Gasteiger partial charge < -0.3 is 15.4 Å². The summed E-state index contributed by atoms with van der Waals surface area (Å²) >= 11 is 0. The molecule has 0 fully saturated rings. The molecule has 2 N–H and O–H groups in total. The van der Waals surface area contributed by atoms with Gasteiger partial charge in [-0.3, -0.25) is 9.59 Å². The fourth-order valence-electron chi connectivity index (χ4n) is 2.88. The predicted octanol–water partition coefficient (Wildman–Crippen LogP) is 1.77. The number of benzene rings is 2. The molecule has 2 aromatic rings. The topological polar surface area (TPSA) is 105 Å². The summed E-state index contributed by atoms with van der Waals surface area (Å²) in [7, 11) is -2.12. The lowest BCUT2D eigenvalue weighted by Gasteiger charge is -2.18. The summed E-state index contributed by atoms with van der Waals surface area (Å²) in [5.74, 6) is -0.242. The maximum absolute atomic E-state index is 12.6. The lowest BCUT2D eigenvalue weighted by molar-refractivity contribution is -0.120. The van der Waals surface area contributed by atoms with Crippen molar-refractivity contribution in [3.05, 3.63) is 59.7 Å². The van der Waals surface area contributed by atoms with E-state index in [1.54, 1.807) is 27.0 Å². The van der Waals surface area contributed by atoms with Crippen LogP contribution in [0.3, 0.4) is 0 Å². The Morgan fingerprint density at radius 2 is 1.70 bits per heavy atom. The quantitative estimate of drug-likeness (QED) is 0.594. The van der Waals surface area contributed by atoms with Crippen LogP contribution in [0.5, 0.6) is 5.75 Å². The molecule has 9 heteroatoms. The number of hydrogen-bond donors (Lipinski definition) is 2. The first-order valence-corrected chi connectivity index (χ1v) is 11.0. The van der Waals surface area contributed by atoms with Crippen molar-refractivity contribution >= 4 is 21.8 Å². The van der Waals surface area contributed by atoms with Crippen LogP contribution in [-0.4, -0.2) is 51.3 Å². The van der Waals surface area contributed by atoms with E-state index in [1.165, 1.54) is 28.6 Å². The molecule has 0 aliphatic heterocycles. The molecular formula is C21H27N3O5S.